The van der Waals surface area contributed by atoms with Gasteiger partial charge in [-0.05, 0) is 37.3 Å². The van der Waals surface area contributed by atoms with Crippen LogP contribution < -0.4 is 15.0 Å². The number of carbonyl (C=O) groups is 2. The Morgan fingerprint density at radius 2 is 2.04 bits per heavy atom. The number of fused-ring (bicyclic) bond motifs is 1. The first-order chi connectivity index (χ1) is 13.5. The van der Waals surface area contributed by atoms with Gasteiger partial charge in [0.25, 0.3) is 0 Å². The minimum atomic E-state index is -0.446. The van der Waals surface area contributed by atoms with Gasteiger partial charge in [-0.3, -0.25) is 0 Å². The van der Waals surface area contributed by atoms with Gasteiger partial charge < -0.3 is 24.6 Å². The highest BCUT2D eigenvalue weighted by Crippen LogP contribution is 2.32. The normalized spacial score (nSPS) is 15.2. The van der Waals surface area contributed by atoms with E-state index >= 15 is 0 Å². The van der Waals surface area contributed by atoms with Crippen LogP contribution in [0.1, 0.15) is 17.3 Å². The summed E-state index contributed by atoms with van der Waals surface area (Å²) in [7, 11) is 3.04. The lowest BCUT2D eigenvalue weighted by Gasteiger charge is -2.37. The van der Waals surface area contributed by atoms with E-state index in [-0.39, 0.29) is 12.1 Å². The number of carbonyl (C=O) groups excluding carboxylic acids is 2. The third-order valence-corrected chi connectivity index (χ3v) is 4.66. The van der Waals surface area contributed by atoms with Crippen molar-refractivity contribution in [1.29, 1.82) is 0 Å². The van der Waals surface area contributed by atoms with Gasteiger partial charge in [-0.15, -0.1) is 0 Å². The second-order valence-corrected chi connectivity index (χ2v) is 6.63. The molecule has 0 bridgehead atoms. The van der Waals surface area contributed by atoms with Gasteiger partial charge in [-0.2, -0.15) is 0 Å². The highest BCUT2D eigenvalue weighted by molar-refractivity contribution is 5.93. The first kappa shape index (κ1) is 19.5. The summed E-state index contributed by atoms with van der Waals surface area (Å²) < 4.78 is 10.8. The fourth-order valence-corrected chi connectivity index (χ4v) is 3.22. The molecule has 0 aromatic heterocycles. The van der Waals surface area contributed by atoms with Crippen molar-refractivity contribution in [3.63, 3.8) is 0 Å². The summed E-state index contributed by atoms with van der Waals surface area (Å²) in [6.07, 6.45) is -0.132. The molecule has 7 heteroatoms. The van der Waals surface area contributed by atoms with E-state index in [9.17, 15) is 9.59 Å². The zero-order chi connectivity index (χ0) is 20.1. The van der Waals surface area contributed by atoms with Crippen molar-refractivity contribution in [2.24, 2.45) is 0 Å². The van der Waals surface area contributed by atoms with Crippen LogP contribution in [0.4, 0.5) is 16.2 Å². The molecule has 0 unspecified atom stereocenters. The van der Waals surface area contributed by atoms with E-state index in [1.54, 1.807) is 36.2 Å². The van der Waals surface area contributed by atoms with E-state index < -0.39 is 5.97 Å². The van der Waals surface area contributed by atoms with Crippen molar-refractivity contribution < 1.29 is 19.1 Å². The number of hydrogen-bond acceptors (Lipinski definition) is 5. The van der Waals surface area contributed by atoms with Gasteiger partial charge in [0.1, 0.15) is 11.9 Å². The number of methoxy groups -OCH3 is 1. The topological polar surface area (TPSA) is 71.1 Å². The summed E-state index contributed by atoms with van der Waals surface area (Å²) >= 11 is 0. The number of benzene rings is 2. The van der Waals surface area contributed by atoms with Crippen molar-refractivity contribution >= 4 is 23.4 Å². The third-order valence-electron chi connectivity index (χ3n) is 4.66. The highest BCUT2D eigenvalue weighted by atomic mass is 16.5. The molecule has 3 rings (SSSR count). The first-order valence-electron chi connectivity index (χ1n) is 9.23. The van der Waals surface area contributed by atoms with Gasteiger partial charge in [-0.1, -0.05) is 18.2 Å². The van der Waals surface area contributed by atoms with Crippen LogP contribution in [0.5, 0.6) is 5.75 Å². The molecule has 0 radical (unpaired) electrons. The Kier molecular flexibility index (Phi) is 6.03. The van der Waals surface area contributed by atoms with Crippen LogP contribution in [0, 0.1) is 0 Å². The molecule has 0 saturated heterocycles. The lowest BCUT2D eigenvalue weighted by atomic mass is 10.2. The predicted molar refractivity (Wildman–Crippen MR) is 108 cm³/mol. The molecule has 148 valence electrons. The number of nitrogens with one attached hydrogen (secondary N) is 1. The van der Waals surface area contributed by atoms with E-state index in [2.05, 4.69) is 17.1 Å². The number of hydrogen-bond donors (Lipinski definition) is 1. The largest absolute Gasteiger partial charge is 0.485 e. The quantitative estimate of drug-likeness (QED) is 0.803. The van der Waals surface area contributed by atoms with Crippen molar-refractivity contribution in [3.05, 3.63) is 54.1 Å². The summed E-state index contributed by atoms with van der Waals surface area (Å²) in [6, 6.07) is 14.3. The van der Waals surface area contributed by atoms with Crippen molar-refractivity contribution in [2.75, 3.05) is 44.0 Å². The Labute approximate surface area is 164 Å². The lowest BCUT2D eigenvalue weighted by Crippen LogP contribution is -2.47. The number of amides is 2. The summed E-state index contributed by atoms with van der Waals surface area (Å²) in [6.45, 7) is 4.12. The van der Waals surface area contributed by atoms with Crippen LogP contribution in [-0.2, 0) is 4.74 Å². The lowest BCUT2D eigenvalue weighted by molar-refractivity contribution is 0.0600. The number of rotatable bonds is 5. The Morgan fingerprint density at radius 1 is 1.25 bits per heavy atom. The average Bonchev–Trinajstić information content (AvgIpc) is 2.72. The Morgan fingerprint density at radius 3 is 2.79 bits per heavy atom. The maximum atomic E-state index is 12.6. The molecule has 2 aromatic carbocycles. The molecule has 0 saturated carbocycles. The second-order valence-electron chi connectivity index (χ2n) is 6.63. The van der Waals surface area contributed by atoms with Crippen LogP contribution in [0.2, 0.25) is 0 Å². The smallest absolute Gasteiger partial charge is 0.337 e. The van der Waals surface area contributed by atoms with Gasteiger partial charge in [0, 0.05) is 19.3 Å². The molecular formula is C21H25N3O4. The molecule has 0 aliphatic carbocycles. The van der Waals surface area contributed by atoms with Crippen LogP contribution in [0.15, 0.2) is 48.5 Å². The second kappa shape index (κ2) is 8.65. The fourth-order valence-electron chi connectivity index (χ4n) is 3.22. The summed E-state index contributed by atoms with van der Waals surface area (Å²) in [4.78, 5) is 28.0. The van der Waals surface area contributed by atoms with Gasteiger partial charge >= 0.3 is 12.0 Å². The molecule has 1 heterocycles. The number of anilines is 2. The fraction of sp³-hybridized carbons (Fsp3) is 0.333. The van der Waals surface area contributed by atoms with Crippen LogP contribution in [0.3, 0.4) is 0 Å². The number of esters is 1. The Hall–Kier alpha value is -3.22. The van der Waals surface area contributed by atoms with Gasteiger partial charge in [-0.25, -0.2) is 9.59 Å². The SMILES string of the molecule is CCN1C[C@@H](CN(C)C(=O)Nc2cccc(C(=O)OC)c2)Oc2ccccc21. The number of para-hydroxylation sites is 2. The maximum Gasteiger partial charge on any atom is 0.337 e. The van der Waals surface area contributed by atoms with Gasteiger partial charge in [0.2, 0.25) is 0 Å². The summed E-state index contributed by atoms with van der Waals surface area (Å²) in [5, 5.41) is 2.81. The van der Waals surface area contributed by atoms with Crippen molar-refractivity contribution in [3.8, 4) is 5.75 Å². The first-order valence-corrected chi connectivity index (χ1v) is 9.23. The van der Waals surface area contributed by atoms with Gasteiger partial charge in [0.15, 0.2) is 0 Å². The molecule has 28 heavy (non-hydrogen) atoms. The van der Waals surface area contributed by atoms with E-state index in [0.717, 1.165) is 18.0 Å². The van der Waals surface area contributed by atoms with Crippen LogP contribution in [-0.4, -0.2) is 56.8 Å². The Bertz CT molecular complexity index is 855. The van der Waals surface area contributed by atoms with E-state index in [4.69, 9.17) is 9.47 Å². The molecular weight excluding hydrogens is 358 g/mol. The Balaban J connectivity index is 1.63. The number of nitrogens with zero attached hydrogens (tertiary/aromatic N) is 2. The van der Waals surface area contributed by atoms with Crippen molar-refractivity contribution in [1.82, 2.24) is 4.90 Å². The molecule has 0 fully saturated rings. The third kappa shape index (κ3) is 4.36. The summed E-state index contributed by atoms with van der Waals surface area (Å²) in [5.41, 5.74) is 1.99. The molecule has 2 amide bonds. The predicted octanol–water partition coefficient (Wildman–Crippen LogP) is 3.22. The van der Waals surface area contributed by atoms with E-state index in [0.29, 0.717) is 24.3 Å². The number of urea groups is 1. The summed E-state index contributed by atoms with van der Waals surface area (Å²) in [5.74, 6) is 0.388. The molecule has 7 nitrogen and oxygen atoms in total. The average molecular weight is 383 g/mol. The van der Waals surface area contributed by atoms with Crippen molar-refractivity contribution in [2.45, 2.75) is 13.0 Å². The zero-order valence-corrected chi connectivity index (χ0v) is 16.3. The molecule has 1 atom stereocenters. The standard InChI is InChI=1S/C21H25N3O4/c1-4-24-14-17(28-19-11-6-5-10-18(19)24)13-23(2)21(26)22-16-9-7-8-15(12-16)20(25)27-3/h5-12,17H,4,13-14H2,1-3H3,(H,22,26)/t17-/m1/s1. The maximum absolute atomic E-state index is 12.6. The van der Waals surface area contributed by atoms with Crippen LogP contribution >= 0.6 is 0 Å². The number of likely N-dealkylation sites (N-methyl/N-ethyl adjacent to an activating group) is 2. The van der Waals surface area contributed by atoms with E-state index in [1.165, 1.54) is 7.11 Å². The van der Waals surface area contributed by atoms with Crippen LogP contribution in [0.25, 0.3) is 0 Å². The molecule has 1 N–H and O–H groups in total. The highest BCUT2D eigenvalue weighted by Gasteiger charge is 2.26. The van der Waals surface area contributed by atoms with Gasteiger partial charge in [0.05, 0.1) is 31.5 Å². The molecule has 1 aliphatic heterocycles. The van der Waals surface area contributed by atoms with E-state index in [1.807, 2.05) is 24.3 Å². The minimum absolute atomic E-state index is 0.132. The molecule has 2 aromatic rings. The molecule has 0 spiro atoms. The monoisotopic (exact) mass is 383 g/mol. The number of ether oxygens (including phenoxy) is 2. The minimum Gasteiger partial charge on any atom is -0.485 e. The molecule has 1 aliphatic rings. The zero-order valence-electron chi connectivity index (χ0n) is 16.3.